The van der Waals surface area contributed by atoms with E-state index in [0.717, 1.165) is 6.42 Å². The topological polar surface area (TPSA) is 77.9 Å². The van der Waals surface area contributed by atoms with Gasteiger partial charge in [0.1, 0.15) is 0 Å². The van der Waals surface area contributed by atoms with Crippen molar-refractivity contribution in [2.75, 3.05) is 20.1 Å². The van der Waals surface area contributed by atoms with Gasteiger partial charge in [0.05, 0.1) is 17.9 Å². The first-order valence-electron chi connectivity index (χ1n) is 7.19. The van der Waals surface area contributed by atoms with Gasteiger partial charge in [-0.2, -0.15) is 0 Å². The predicted molar refractivity (Wildman–Crippen MR) is 72.0 cm³/mol. The largest absolute Gasteiger partial charge is 0.481 e. The number of likely N-dealkylation sites (N-methyl/N-ethyl adjacent to an activating group) is 1. The summed E-state index contributed by atoms with van der Waals surface area (Å²) in [6.45, 7) is 3.14. The number of likely N-dealkylation sites (tertiary alicyclic amines) is 2. The van der Waals surface area contributed by atoms with E-state index >= 15 is 0 Å². The molecule has 0 aromatic carbocycles. The Morgan fingerprint density at radius 3 is 2.35 bits per heavy atom. The van der Waals surface area contributed by atoms with E-state index in [-0.39, 0.29) is 24.3 Å². The van der Waals surface area contributed by atoms with Crippen molar-refractivity contribution < 1.29 is 19.5 Å². The van der Waals surface area contributed by atoms with Crippen molar-refractivity contribution in [1.82, 2.24) is 9.80 Å². The first-order chi connectivity index (χ1) is 9.41. The lowest BCUT2D eigenvalue weighted by atomic mass is 9.74. The number of carboxylic acids is 1. The number of imide groups is 1. The molecule has 112 valence electrons. The maximum Gasteiger partial charge on any atom is 0.309 e. The fourth-order valence-electron chi connectivity index (χ4n) is 3.33. The lowest BCUT2D eigenvalue weighted by molar-refractivity contribution is -0.153. The number of amides is 2. The number of aliphatic carboxylic acids is 1. The summed E-state index contributed by atoms with van der Waals surface area (Å²) in [5, 5.41) is 9.46. The van der Waals surface area contributed by atoms with Crippen LogP contribution in [-0.4, -0.2) is 58.9 Å². The third kappa shape index (κ3) is 2.44. The summed E-state index contributed by atoms with van der Waals surface area (Å²) in [5.74, 6) is -1.04. The summed E-state index contributed by atoms with van der Waals surface area (Å²) in [6, 6.07) is -0.388. The lowest BCUT2D eigenvalue weighted by Gasteiger charge is -2.40. The van der Waals surface area contributed by atoms with Crippen LogP contribution in [0.3, 0.4) is 0 Å². The van der Waals surface area contributed by atoms with Crippen LogP contribution in [0.4, 0.5) is 0 Å². The highest BCUT2D eigenvalue weighted by Gasteiger charge is 2.46. The molecule has 0 spiro atoms. The van der Waals surface area contributed by atoms with Gasteiger partial charge in [-0.05, 0) is 19.3 Å². The second-order valence-corrected chi connectivity index (χ2v) is 5.88. The molecule has 2 amide bonds. The molecule has 0 saturated carbocycles. The number of rotatable bonds is 4. The number of carbonyl (C=O) groups is 3. The summed E-state index contributed by atoms with van der Waals surface area (Å²) in [5.41, 5.74) is -0.650. The van der Waals surface area contributed by atoms with Crippen LogP contribution in [-0.2, 0) is 14.4 Å². The van der Waals surface area contributed by atoms with Crippen LogP contribution in [0, 0.1) is 5.41 Å². The zero-order valence-corrected chi connectivity index (χ0v) is 12.1. The molecule has 0 aromatic rings. The van der Waals surface area contributed by atoms with E-state index in [1.807, 2.05) is 11.8 Å². The van der Waals surface area contributed by atoms with Crippen LogP contribution < -0.4 is 0 Å². The highest BCUT2D eigenvalue weighted by Crippen LogP contribution is 2.37. The van der Waals surface area contributed by atoms with Crippen LogP contribution in [0.1, 0.15) is 39.0 Å². The summed E-state index contributed by atoms with van der Waals surface area (Å²) >= 11 is 0. The summed E-state index contributed by atoms with van der Waals surface area (Å²) in [7, 11) is 1.51. The lowest BCUT2D eigenvalue weighted by Crippen LogP contribution is -2.50. The summed E-state index contributed by atoms with van der Waals surface area (Å²) in [6.07, 6.45) is 2.85. The predicted octanol–water partition coefficient (Wildman–Crippen LogP) is 0.711. The van der Waals surface area contributed by atoms with E-state index in [0.29, 0.717) is 32.4 Å². The van der Waals surface area contributed by atoms with Gasteiger partial charge in [0.25, 0.3) is 0 Å². The smallest absolute Gasteiger partial charge is 0.309 e. The molecular weight excluding hydrogens is 260 g/mol. The summed E-state index contributed by atoms with van der Waals surface area (Å²) < 4.78 is 0. The highest BCUT2D eigenvalue weighted by atomic mass is 16.4. The third-order valence-electron chi connectivity index (χ3n) is 4.74. The molecule has 6 nitrogen and oxygen atoms in total. The SMILES string of the molecule is CCCC1(C(=O)O)CCN(C2CC(=O)N(C)C2=O)CC1. The Balaban J connectivity index is 2.02. The van der Waals surface area contributed by atoms with Gasteiger partial charge in [0.2, 0.25) is 11.8 Å². The number of nitrogens with zero attached hydrogens (tertiary/aromatic N) is 2. The Morgan fingerprint density at radius 1 is 1.35 bits per heavy atom. The highest BCUT2D eigenvalue weighted by molar-refractivity contribution is 6.05. The Labute approximate surface area is 118 Å². The molecular formula is C14H22N2O4. The van der Waals surface area contributed by atoms with Crippen molar-refractivity contribution in [3.05, 3.63) is 0 Å². The average molecular weight is 282 g/mol. The van der Waals surface area contributed by atoms with Crippen LogP contribution in [0.5, 0.6) is 0 Å². The van der Waals surface area contributed by atoms with Crippen molar-refractivity contribution >= 4 is 17.8 Å². The Bertz CT molecular complexity index is 427. The zero-order chi connectivity index (χ0) is 14.9. The molecule has 2 aliphatic heterocycles. The van der Waals surface area contributed by atoms with E-state index < -0.39 is 11.4 Å². The number of piperidine rings is 1. The number of carboxylic acid groups (broad SMARTS) is 1. The molecule has 0 bridgehead atoms. The minimum Gasteiger partial charge on any atom is -0.481 e. The average Bonchev–Trinajstić information content (AvgIpc) is 2.67. The van der Waals surface area contributed by atoms with Crippen LogP contribution >= 0.6 is 0 Å². The quantitative estimate of drug-likeness (QED) is 0.768. The molecule has 1 atom stereocenters. The first kappa shape index (κ1) is 15.0. The van der Waals surface area contributed by atoms with Gasteiger partial charge in [0, 0.05) is 20.1 Å². The van der Waals surface area contributed by atoms with Gasteiger partial charge < -0.3 is 5.11 Å². The monoisotopic (exact) mass is 282 g/mol. The molecule has 6 heteroatoms. The Morgan fingerprint density at radius 2 is 1.95 bits per heavy atom. The van der Waals surface area contributed by atoms with Crippen LogP contribution in [0.2, 0.25) is 0 Å². The van der Waals surface area contributed by atoms with Crippen molar-refractivity contribution in [1.29, 1.82) is 0 Å². The molecule has 2 saturated heterocycles. The number of hydrogen-bond acceptors (Lipinski definition) is 4. The fourth-order valence-corrected chi connectivity index (χ4v) is 3.33. The second-order valence-electron chi connectivity index (χ2n) is 5.88. The summed E-state index contributed by atoms with van der Waals surface area (Å²) in [4.78, 5) is 38.2. The first-order valence-corrected chi connectivity index (χ1v) is 7.19. The molecule has 0 radical (unpaired) electrons. The Hall–Kier alpha value is -1.43. The van der Waals surface area contributed by atoms with E-state index in [4.69, 9.17) is 0 Å². The maximum atomic E-state index is 12.0. The van der Waals surface area contributed by atoms with Crippen molar-refractivity contribution in [3.8, 4) is 0 Å². The molecule has 1 unspecified atom stereocenters. The zero-order valence-electron chi connectivity index (χ0n) is 12.1. The van der Waals surface area contributed by atoms with Gasteiger partial charge >= 0.3 is 5.97 Å². The maximum absolute atomic E-state index is 12.0. The van der Waals surface area contributed by atoms with Gasteiger partial charge in [-0.15, -0.1) is 0 Å². The van der Waals surface area contributed by atoms with Gasteiger partial charge in [0.15, 0.2) is 0 Å². The van der Waals surface area contributed by atoms with Crippen molar-refractivity contribution in [3.63, 3.8) is 0 Å². The molecule has 20 heavy (non-hydrogen) atoms. The van der Waals surface area contributed by atoms with E-state index in [2.05, 4.69) is 0 Å². The van der Waals surface area contributed by atoms with Crippen molar-refractivity contribution in [2.24, 2.45) is 5.41 Å². The minimum atomic E-state index is -0.732. The molecule has 1 N–H and O–H groups in total. The number of hydrogen-bond donors (Lipinski definition) is 1. The van der Waals surface area contributed by atoms with Gasteiger partial charge in [-0.1, -0.05) is 13.3 Å². The molecule has 2 fully saturated rings. The van der Waals surface area contributed by atoms with E-state index in [1.54, 1.807) is 0 Å². The van der Waals surface area contributed by atoms with Gasteiger partial charge in [-0.25, -0.2) is 0 Å². The second kappa shape index (κ2) is 5.52. The number of carbonyl (C=O) groups excluding carboxylic acids is 2. The molecule has 2 aliphatic rings. The normalized spacial score (nSPS) is 27.1. The molecule has 0 aliphatic carbocycles. The minimum absolute atomic E-state index is 0.149. The molecule has 2 heterocycles. The van der Waals surface area contributed by atoms with E-state index in [1.165, 1.54) is 11.9 Å². The molecule has 0 aromatic heterocycles. The van der Waals surface area contributed by atoms with E-state index in [9.17, 15) is 19.5 Å². The standard InChI is InChI=1S/C14H22N2O4/c1-3-4-14(13(19)20)5-7-16(8-6-14)10-9-11(17)15(2)12(10)18/h10H,3-9H2,1-2H3,(H,19,20). The third-order valence-corrected chi connectivity index (χ3v) is 4.74. The fraction of sp³-hybridized carbons (Fsp3) is 0.786. The van der Waals surface area contributed by atoms with Crippen LogP contribution in [0.25, 0.3) is 0 Å². The van der Waals surface area contributed by atoms with Gasteiger partial charge in [-0.3, -0.25) is 24.2 Å². The molecule has 2 rings (SSSR count). The van der Waals surface area contributed by atoms with Crippen LogP contribution in [0.15, 0.2) is 0 Å². The van der Waals surface area contributed by atoms with Crippen molar-refractivity contribution in [2.45, 2.75) is 45.1 Å². The Kier molecular flexibility index (Phi) is 4.13.